The molecule has 4 nitrogen and oxygen atoms in total. The van der Waals surface area contributed by atoms with Gasteiger partial charge in [0.2, 0.25) is 5.56 Å². The Hall–Kier alpha value is -2.10. The lowest BCUT2D eigenvalue weighted by atomic mass is 9.95. The van der Waals surface area contributed by atoms with Crippen LogP contribution in [0.3, 0.4) is 0 Å². The van der Waals surface area contributed by atoms with Gasteiger partial charge in [-0.1, -0.05) is 18.9 Å². The molecule has 1 aliphatic heterocycles. The van der Waals surface area contributed by atoms with Crippen LogP contribution in [0.5, 0.6) is 0 Å². The molecule has 4 rings (SSSR count). The van der Waals surface area contributed by atoms with Gasteiger partial charge in [-0.25, -0.2) is 0 Å². The Morgan fingerprint density at radius 2 is 2.09 bits per heavy atom. The minimum absolute atomic E-state index is 0.0983. The molecule has 4 heteroatoms. The predicted molar refractivity (Wildman–Crippen MR) is 86.1 cm³/mol. The molecule has 0 bridgehead atoms. The number of nitrogens with zero attached hydrogens (tertiary/aromatic N) is 1. The molecule has 1 atom stereocenters. The van der Waals surface area contributed by atoms with Gasteiger partial charge in [-0.05, 0) is 43.4 Å². The lowest BCUT2D eigenvalue weighted by Crippen LogP contribution is -2.51. The molecule has 2 aliphatic rings. The summed E-state index contributed by atoms with van der Waals surface area (Å²) in [6, 6.07) is 7.64. The van der Waals surface area contributed by atoms with Crippen LogP contribution in [-0.4, -0.2) is 28.4 Å². The highest BCUT2D eigenvalue weighted by Crippen LogP contribution is 2.38. The zero-order valence-electron chi connectivity index (χ0n) is 12.8. The summed E-state index contributed by atoms with van der Waals surface area (Å²) in [5, 5.41) is 0.995. The number of carbonyl (C=O) groups excluding carboxylic acids is 1. The van der Waals surface area contributed by atoms with Crippen LogP contribution >= 0.6 is 0 Å². The Labute approximate surface area is 129 Å². The second kappa shape index (κ2) is 4.97. The Kier molecular flexibility index (Phi) is 3.06. The van der Waals surface area contributed by atoms with Crippen molar-refractivity contribution >= 4 is 16.8 Å². The monoisotopic (exact) mass is 296 g/mol. The van der Waals surface area contributed by atoms with Gasteiger partial charge in [-0.15, -0.1) is 0 Å². The lowest BCUT2D eigenvalue weighted by molar-refractivity contribution is 0.0432. The highest BCUT2D eigenvalue weighted by molar-refractivity contribution is 5.98. The van der Waals surface area contributed by atoms with Crippen molar-refractivity contribution in [2.75, 3.05) is 6.54 Å². The summed E-state index contributed by atoms with van der Waals surface area (Å²) in [6.07, 6.45) is 4.95. The predicted octanol–water partition coefficient (Wildman–Crippen LogP) is 2.85. The van der Waals surface area contributed by atoms with Crippen molar-refractivity contribution in [3.05, 3.63) is 45.7 Å². The molecule has 1 unspecified atom stereocenters. The average Bonchev–Trinajstić information content (AvgIpc) is 3.26. The van der Waals surface area contributed by atoms with Gasteiger partial charge in [0.05, 0.1) is 0 Å². The molecular formula is C18H20N2O2. The number of hydrogen-bond donors (Lipinski definition) is 1. The molecule has 114 valence electrons. The zero-order valence-corrected chi connectivity index (χ0v) is 12.8. The second-order valence-corrected chi connectivity index (χ2v) is 6.70. The standard InChI is InChI=1S/C18H20N2O2/c1-11-8-17(21)19-16-10-13(4-5-15(11)16)18(22)20-7-6-14(20)9-12-2-3-12/h4-5,8,10,12,14H,2-3,6-7,9H2,1H3,(H,19,21). The van der Waals surface area contributed by atoms with Crippen LogP contribution < -0.4 is 5.56 Å². The molecule has 1 aromatic carbocycles. The van der Waals surface area contributed by atoms with E-state index in [0.29, 0.717) is 11.6 Å². The van der Waals surface area contributed by atoms with E-state index in [1.807, 2.05) is 30.0 Å². The molecule has 1 saturated carbocycles. The Morgan fingerprint density at radius 3 is 2.77 bits per heavy atom. The Bertz CT molecular complexity index is 804. The van der Waals surface area contributed by atoms with Gasteiger partial charge in [0.1, 0.15) is 0 Å². The average molecular weight is 296 g/mol. The molecule has 2 heterocycles. The van der Waals surface area contributed by atoms with E-state index in [0.717, 1.165) is 41.8 Å². The molecule has 1 N–H and O–H groups in total. The van der Waals surface area contributed by atoms with Crippen LogP contribution in [0, 0.1) is 12.8 Å². The van der Waals surface area contributed by atoms with Gasteiger partial charge in [0.25, 0.3) is 5.91 Å². The number of likely N-dealkylation sites (tertiary alicyclic amines) is 1. The van der Waals surface area contributed by atoms with Crippen molar-refractivity contribution < 1.29 is 4.79 Å². The van der Waals surface area contributed by atoms with Gasteiger partial charge in [-0.2, -0.15) is 0 Å². The number of aromatic amines is 1. The van der Waals surface area contributed by atoms with E-state index >= 15 is 0 Å². The summed E-state index contributed by atoms with van der Waals surface area (Å²) in [6.45, 7) is 2.78. The van der Waals surface area contributed by atoms with Crippen LogP contribution in [-0.2, 0) is 0 Å². The zero-order chi connectivity index (χ0) is 15.3. The van der Waals surface area contributed by atoms with Gasteiger partial charge >= 0.3 is 0 Å². The molecule has 1 aliphatic carbocycles. The van der Waals surface area contributed by atoms with Gasteiger partial charge in [0.15, 0.2) is 0 Å². The minimum atomic E-state index is -0.120. The van der Waals surface area contributed by atoms with E-state index in [4.69, 9.17) is 0 Å². The molecular weight excluding hydrogens is 276 g/mol. The van der Waals surface area contributed by atoms with Crippen molar-refractivity contribution in [2.24, 2.45) is 5.92 Å². The number of carbonyl (C=O) groups is 1. The highest BCUT2D eigenvalue weighted by atomic mass is 16.2. The topological polar surface area (TPSA) is 53.2 Å². The van der Waals surface area contributed by atoms with Crippen molar-refractivity contribution in [3.8, 4) is 0 Å². The largest absolute Gasteiger partial charge is 0.336 e. The number of fused-ring (bicyclic) bond motifs is 1. The summed E-state index contributed by atoms with van der Waals surface area (Å²) in [5.74, 6) is 0.942. The van der Waals surface area contributed by atoms with Crippen LogP contribution in [0.15, 0.2) is 29.1 Å². The molecule has 22 heavy (non-hydrogen) atoms. The number of rotatable bonds is 3. The van der Waals surface area contributed by atoms with Crippen LogP contribution in [0.2, 0.25) is 0 Å². The molecule has 1 saturated heterocycles. The third-order valence-electron chi connectivity index (χ3n) is 5.00. The maximum atomic E-state index is 12.7. The van der Waals surface area contributed by atoms with E-state index in [1.165, 1.54) is 12.8 Å². The molecule has 2 fully saturated rings. The lowest BCUT2D eigenvalue weighted by Gasteiger charge is -2.41. The van der Waals surface area contributed by atoms with Crippen LogP contribution in [0.1, 0.15) is 41.6 Å². The number of amides is 1. The summed E-state index contributed by atoms with van der Waals surface area (Å²) in [4.78, 5) is 29.1. The maximum Gasteiger partial charge on any atom is 0.254 e. The fraction of sp³-hybridized carbons (Fsp3) is 0.444. The first kappa shape index (κ1) is 13.6. The van der Waals surface area contributed by atoms with Crippen LogP contribution in [0.25, 0.3) is 10.9 Å². The quantitative estimate of drug-likeness (QED) is 0.947. The summed E-state index contributed by atoms with van der Waals surface area (Å²) >= 11 is 0. The fourth-order valence-electron chi connectivity index (χ4n) is 3.43. The molecule has 0 spiro atoms. The third kappa shape index (κ3) is 2.32. The van der Waals surface area contributed by atoms with Gasteiger partial charge in [-0.3, -0.25) is 9.59 Å². The summed E-state index contributed by atoms with van der Waals surface area (Å²) in [7, 11) is 0. The Balaban J connectivity index is 1.62. The van der Waals surface area contributed by atoms with E-state index in [2.05, 4.69) is 4.98 Å². The van der Waals surface area contributed by atoms with Crippen molar-refractivity contribution in [1.29, 1.82) is 0 Å². The third-order valence-corrected chi connectivity index (χ3v) is 5.00. The second-order valence-electron chi connectivity index (χ2n) is 6.70. The van der Waals surface area contributed by atoms with Crippen molar-refractivity contribution in [1.82, 2.24) is 9.88 Å². The minimum Gasteiger partial charge on any atom is -0.336 e. The summed E-state index contributed by atoms with van der Waals surface area (Å²) in [5.41, 5.74) is 2.24. The van der Waals surface area contributed by atoms with E-state index in [9.17, 15) is 9.59 Å². The van der Waals surface area contributed by atoms with E-state index < -0.39 is 0 Å². The summed E-state index contributed by atoms with van der Waals surface area (Å²) < 4.78 is 0. The SMILES string of the molecule is Cc1cc(=O)[nH]c2cc(C(=O)N3CCC3CC3CC3)ccc12. The number of hydrogen-bond acceptors (Lipinski definition) is 2. The number of H-pyrrole nitrogens is 1. The number of pyridine rings is 1. The molecule has 0 radical (unpaired) electrons. The first-order valence-corrected chi connectivity index (χ1v) is 8.06. The number of benzene rings is 1. The number of nitrogens with one attached hydrogen (secondary N) is 1. The molecule has 1 amide bonds. The van der Waals surface area contributed by atoms with Gasteiger partial charge in [0, 0.05) is 35.1 Å². The van der Waals surface area contributed by atoms with Crippen molar-refractivity contribution in [3.63, 3.8) is 0 Å². The van der Waals surface area contributed by atoms with Crippen molar-refractivity contribution in [2.45, 2.75) is 38.6 Å². The maximum absolute atomic E-state index is 12.7. The van der Waals surface area contributed by atoms with Gasteiger partial charge < -0.3 is 9.88 Å². The normalized spacial score (nSPS) is 21.0. The van der Waals surface area contributed by atoms with E-state index in [1.54, 1.807) is 6.07 Å². The molecule has 1 aromatic heterocycles. The first-order chi connectivity index (χ1) is 10.6. The Morgan fingerprint density at radius 1 is 1.27 bits per heavy atom. The number of aromatic nitrogens is 1. The highest BCUT2D eigenvalue weighted by Gasteiger charge is 2.36. The first-order valence-electron chi connectivity index (χ1n) is 8.06. The fourth-order valence-corrected chi connectivity index (χ4v) is 3.43. The smallest absolute Gasteiger partial charge is 0.254 e. The number of aryl methyl sites for hydroxylation is 1. The van der Waals surface area contributed by atoms with E-state index in [-0.39, 0.29) is 11.5 Å². The molecule has 2 aromatic rings. The van der Waals surface area contributed by atoms with Crippen LogP contribution in [0.4, 0.5) is 0 Å².